The highest BCUT2D eigenvalue weighted by Gasteiger charge is 2.13. The van der Waals surface area contributed by atoms with Crippen molar-refractivity contribution in [3.8, 4) is 5.75 Å². The normalized spacial score (nSPS) is 10.3. The Hall–Kier alpha value is -3.33. The molecule has 0 fully saturated rings. The predicted molar refractivity (Wildman–Crippen MR) is 92.0 cm³/mol. The lowest BCUT2D eigenvalue weighted by molar-refractivity contribution is -0.384. The zero-order valence-corrected chi connectivity index (χ0v) is 13.0. The van der Waals surface area contributed by atoms with Crippen molar-refractivity contribution in [2.45, 2.75) is 0 Å². The summed E-state index contributed by atoms with van der Waals surface area (Å²) >= 11 is 4.60. The van der Waals surface area contributed by atoms with E-state index in [1.54, 1.807) is 24.3 Å². The van der Waals surface area contributed by atoms with Crippen LogP contribution < -0.4 is 15.9 Å². The molecule has 0 unspecified atom stereocenters. The molecule has 122 valence electrons. The topological polar surface area (TPSA) is 120 Å². The number of thiocarbonyl (C=S) groups is 1. The third kappa shape index (κ3) is 4.85. The van der Waals surface area contributed by atoms with Crippen molar-refractivity contribution in [2.24, 2.45) is 10.8 Å². The number of carbonyl (C=O) groups is 1. The molecule has 24 heavy (non-hydrogen) atoms. The lowest BCUT2D eigenvalue weighted by Gasteiger charge is -2.04. The number of benzene rings is 2. The fourth-order valence-electron chi connectivity index (χ4n) is 1.70. The van der Waals surface area contributed by atoms with Crippen molar-refractivity contribution >= 4 is 35.2 Å². The van der Waals surface area contributed by atoms with Crippen LogP contribution in [0.25, 0.3) is 0 Å². The molecule has 0 aliphatic rings. The number of nitrogens with two attached hydrogens (primary N) is 1. The van der Waals surface area contributed by atoms with Crippen LogP contribution in [0.5, 0.6) is 5.75 Å². The molecule has 0 spiro atoms. The molecule has 0 atom stereocenters. The summed E-state index contributed by atoms with van der Waals surface area (Å²) in [5.41, 5.74) is 8.29. The molecule has 0 aliphatic heterocycles. The molecule has 3 N–H and O–H groups in total. The maximum Gasteiger partial charge on any atom is 0.343 e. The number of hydrazone groups is 1. The minimum atomic E-state index is -0.685. The van der Waals surface area contributed by atoms with E-state index in [1.165, 1.54) is 24.4 Å². The molecule has 0 saturated carbocycles. The lowest BCUT2D eigenvalue weighted by Crippen LogP contribution is -2.23. The van der Waals surface area contributed by atoms with Crippen molar-refractivity contribution in [1.82, 2.24) is 5.43 Å². The van der Waals surface area contributed by atoms with E-state index in [0.29, 0.717) is 5.75 Å². The molecular formula is C15H12N4O4S. The highest BCUT2D eigenvalue weighted by molar-refractivity contribution is 7.80. The lowest BCUT2D eigenvalue weighted by atomic mass is 10.2. The van der Waals surface area contributed by atoms with Gasteiger partial charge in [-0.1, -0.05) is 6.07 Å². The average molecular weight is 344 g/mol. The van der Waals surface area contributed by atoms with Crippen molar-refractivity contribution in [3.63, 3.8) is 0 Å². The first kappa shape index (κ1) is 17.0. The smallest absolute Gasteiger partial charge is 0.343 e. The van der Waals surface area contributed by atoms with Gasteiger partial charge in [-0.3, -0.25) is 15.5 Å². The summed E-state index contributed by atoms with van der Waals surface area (Å²) in [6.45, 7) is 0. The van der Waals surface area contributed by atoms with Crippen LogP contribution in [0.4, 0.5) is 5.69 Å². The Morgan fingerprint density at radius 1 is 1.29 bits per heavy atom. The molecule has 2 rings (SSSR count). The molecule has 0 heterocycles. The van der Waals surface area contributed by atoms with Crippen LogP contribution in [-0.4, -0.2) is 22.2 Å². The molecule has 9 heteroatoms. The fraction of sp³-hybridized carbons (Fsp3) is 0. The molecule has 0 amide bonds. The zero-order chi connectivity index (χ0) is 17.5. The summed E-state index contributed by atoms with van der Waals surface area (Å²) in [5.74, 6) is -0.388. The first-order valence-electron chi connectivity index (χ1n) is 6.61. The van der Waals surface area contributed by atoms with Crippen LogP contribution in [0.1, 0.15) is 15.9 Å². The minimum Gasteiger partial charge on any atom is -0.423 e. The van der Waals surface area contributed by atoms with Gasteiger partial charge in [0, 0.05) is 12.1 Å². The van der Waals surface area contributed by atoms with Crippen LogP contribution in [0.3, 0.4) is 0 Å². The first-order valence-corrected chi connectivity index (χ1v) is 7.02. The van der Waals surface area contributed by atoms with E-state index in [9.17, 15) is 14.9 Å². The molecule has 0 radical (unpaired) electrons. The summed E-state index contributed by atoms with van der Waals surface area (Å²) in [5, 5.41) is 14.6. The molecule has 0 aromatic heterocycles. The quantitative estimate of drug-likeness (QED) is 0.212. The van der Waals surface area contributed by atoms with Gasteiger partial charge in [0.2, 0.25) is 0 Å². The van der Waals surface area contributed by atoms with Crippen LogP contribution >= 0.6 is 12.2 Å². The number of rotatable bonds is 5. The van der Waals surface area contributed by atoms with Gasteiger partial charge in [-0.05, 0) is 48.1 Å². The molecule has 8 nitrogen and oxygen atoms in total. The van der Waals surface area contributed by atoms with E-state index in [4.69, 9.17) is 10.5 Å². The van der Waals surface area contributed by atoms with Crippen LogP contribution in [0, 0.1) is 10.1 Å². The third-order valence-electron chi connectivity index (χ3n) is 2.77. The van der Waals surface area contributed by atoms with E-state index in [2.05, 4.69) is 22.7 Å². The van der Waals surface area contributed by atoms with Crippen molar-refractivity contribution in [2.75, 3.05) is 0 Å². The number of esters is 1. The summed E-state index contributed by atoms with van der Waals surface area (Å²) < 4.78 is 5.17. The van der Waals surface area contributed by atoms with E-state index >= 15 is 0 Å². The maximum atomic E-state index is 12.0. The van der Waals surface area contributed by atoms with Gasteiger partial charge < -0.3 is 10.5 Å². The zero-order valence-electron chi connectivity index (χ0n) is 12.2. The summed E-state index contributed by atoms with van der Waals surface area (Å²) in [6, 6.07) is 11.8. The first-order chi connectivity index (χ1) is 11.5. The van der Waals surface area contributed by atoms with Gasteiger partial charge >= 0.3 is 5.97 Å². The predicted octanol–water partition coefficient (Wildman–Crippen LogP) is 1.98. The second-order valence-corrected chi connectivity index (χ2v) is 4.94. The minimum absolute atomic E-state index is 0.0498. The fourth-order valence-corrected chi connectivity index (χ4v) is 1.76. The van der Waals surface area contributed by atoms with Gasteiger partial charge in [-0.15, -0.1) is 0 Å². The number of non-ortho nitro benzene ring substituents is 1. The summed E-state index contributed by atoms with van der Waals surface area (Å²) in [7, 11) is 0. The SMILES string of the molecule is NC(=S)NN=Cc1ccc(OC(=O)c2cccc([N+](=O)[O-])c2)cc1. The third-order valence-corrected chi connectivity index (χ3v) is 2.86. The number of nitrogens with zero attached hydrogens (tertiary/aromatic N) is 2. The van der Waals surface area contributed by atoms with Gasteiger partial charge in [0.1, 0.15) is 5.75 Å². The Labute approximate surface area is 142 Å². The van der Waals surface area contributed by atoms with Gasteiger partial charge in [0.15, 0.2) is 5.11 Å². The Bertz CT molecular complexity index is 805. The van der Waals surface area contributed by atoms with Crippen LogP contribution in [-0.2, 0) is 0 Å². The molecule has 0 bridgehead atoms. The molecule has 2 aromatic rings. The van der Waals surface area contributed by atoms with Gasteiger partial charge in [0.25, 0.3) is 5.69 Å². The number of hydrogen-bond donors (Lipinski definition) is 2. The van der Waals surface area contributed by atoms with Crippen molar-refractivity contribution in [3.05, 3.63) is 69.8 Å². The number of carbonyl (C=O) groups excluding carboxylic acids is 1. The van der Waals surface area contributed by atoms with E-state index < -0.39 is 10.9 Å². The van der Waals surface area contributed by atoms with Crippen molar-refractivity contribution in [1.29, 1.82) is 0 Å². The molecule has 0 saturated heterocycles. The summed E-state index contributed by atoms with van der Waals surface area (Å²) in [6.07, 6.45) is 1.49. The van der Waals surface area contributed by atoms with Crippen molar-refractivity contribution < 1.29 is 14.5 Å². The summed E-state index contributed by atoms with van der Waals surface area (Å²) in [4.78, 5) is 22.2. The van der Waals surface area contributed by atoms with E-state index in [1.807, 2.05) is 0 Å². The highest BCUT2D eigenvalue weighted by atomic mass is 32.1. The van der Waals surface area contributed by atoms with Gasteiger partial charge in [-0.25, -0.2) is 4.79 Å². The van der Waals surface area contributed by atoms with Crippen LogP contribution in [0.2, 0.25) is 0 Å². The average Bonchev–Trinajstić information content (AvgIpc) is 2.56. The maximum absolute atomic E-state index is 12.0. The van der Waals surface area contributed by atoms with Gasteiger partial charge in [-0.2, -0.15) is 5.10 Å². The number of nitro benzene ring substituents is 1. The Morgan fingerprint density at radius 3 is 2.62 bits per heavy atom. The van der Waals surface area contributed by atoms with Crippen LogP contribution in [0.15, 0.2) is 53.6 Å². The largest absolute Gasteiger partial charge is 0.423 e. The monoisotopic (exact) mass is 344 g/mol. The number of nitro groups is 1. The second-order valence-electron chi connectivity index (χ2n) is 4.50. The number of hydrogen-bond acceptors (Lipinski definition) is 6. The number of nitrogens with one attached hydrogen (secondary N) is 1. The second kappa shape index (κ2) is 7.79. The Kier molecular flexibility index (Phi) is 5.53. The standard InChI is InChI=1S/C15H12N4O4S/c16-15(24)18-17-9-10-4-6-13(7-5-10)23-14(20)11-2-1-3-12(8-11)19(21)22/h1-9H,(H3,16,18,24). The Morgan fingerprint density at radius 2 is 2.00 bits per heavy atom. The van der Waals surface area contributed by atoms with E-state index in [0.717, 1.165) is 11.6 Å². The Balaban J connectivity index is 2.04. The molecular weight excluding hydrogens is 332 g/mol. The molecule has 0 aliphatic carbocycles. The van der Waals surface area contributed by atoms with E-state index in [-0.39, 0.29) is 16.4 Å². The molecule has 2 aromatic carbocycles. The highest BCUT2D eigenvalue weighted by Crippen LogP contribution is 2.17. The van der Waals surface area contributed by atoms with Gasteiger partial charge in [0.05, 0.1) is 16.7 Å². The number of ether oxygens (including phenoxy) is 1.